The number of carbonyl (C=O) groups excluding carboxylic acids is 2. The number of ether oxygens (including phenoxy) is 1. The lowest BCUT2D eigenvalue weighted by Crippen LogP contribution is -2.47. The first kappa shape index (κ1) is 25.5. The summed E-state index contributed by atoms with van der Waals surface area (Å²) in [5.41, 5.74) is 5.75. The quantitative estimate of drug-likeness (QED) is 0.158. The predicted octanol–water partition coefficient (Wildman–Crippen LogP) is 5.39. The van der Waals surface area contributed by atoms with Crippen molar-refractivity contribution >= 4 is 61.0 Å². The molecule has 8 nitrogen and oxygen atoms in total. The summed E-state index contributed by atoms with van der Waals surface area (Å²) in [4.78, 5) is 28.7. The molecule has 36 heavy (non-hydrogen) atoms. The molecule has 4 rings (SSSR count). The number of phenols is 1. The molecule has 4 N–H and O–H groups in total. The lowest BCUT2D eigenvalue weighted by atomic mass is 10.0. The summed E-state index contributed by atoms with van der Waals surface area (Å²) in [6.07, 6.45) is 2.76. The topological polar surface area (TPSA) is 116 Å². The number of benzene rings is 3. The highest BCUT2D eigenvalue weighted by atomic mass is 79.9. The summed E-state index contributed by atoms with van der Waals surface area (Å²) in [7, 11) is 0. The molecule has 0 saturated heterocycles. The molecule has 2 amide bonds. The van der Waals surface area contributed by atoms with Crippen molar-refractivity contribution in [2.45, 2.75) is 19.1 Å². The third-order valence-corrected chi connectivity index (χ3v) is 6.56. The third-order valence-electron chi connectivity index (χ3n) is 5.35. The smallest absolute Gasteiger partial charge is 0.408 e. The van der Waals surface area contributed by atoms with Gasteiger partial charge in [0.2, 0.25) is 0 Å². The van der Waals surface area contributed by atoms with Crippen molar-refractivity contribution in [3.8, 4) is 5.75 Å². The average Bonchev–Trinajstić information content (AvgIpc) is 3.29. The predicted molar refractivity (Wildman–Crippen MR) is 145 cm³/mol. The van der Waals surface area contributed by atoms with E-state index in [2.05, 4.69) is 52.7 Å². The van der Waals surface area contributed by atoms with E-state index >= 15 is 0 Å². The summed E-state index contributed by atoms with van der Waals surface area (Å²) < 4.78 is 6.27. The molecule has 0 aliphatic heterocycles. The van der Waals surface area contributed by atoms with Gasteiger partial charge in [0.15, 0.2) is 0 Å². The number of alkyl carbamates (subject to hydrolysis) is 1. The van der Waals surface area contributed by atoms with E-state index < -0.39 is 18.0 Å². The van der Waals surface area contributed by atoms with Crippen LogP contribution in [-0.4, -0.2) is 34.3 Å². The third kappa shape index (κ3) is 6.52. The second-order valence-electron chi connectivity index (χ2n) is 7.89. The number of amides is 2. The number of phenolic OH excluding ortho intramolecular Hbond substituents is 1. The van der Waals surface area contributed by atoms with Crippen molar-refractivity contribution in [3.63, 3.8) is 0 Å². The van der Waals surface area contributed by atoms with Crippen molar-refractivity contribution in [1.82, 2.24) is 15.7 Å². The van der Waals surface area contributed by atoms with Crippen LogP contribution in [0.4, 0.5) is 4.79 Å². The number of aromatic amines is 1. The summed E-state index contributed by atoms with van der Waals surface area (Å²) >= 11 is 6.52. The van der Waals surface area contributed by atoms with E-state index in [0.29, 0.717) is 14.5 Å². The molecular weight excluding hydrogens is 592 g/mol. The van der Waals surface area contributed by atoms with Crippen LogP contribution in [0.3, 0.4) is 0 Å². The zero-order valence-corrected chi connectivity index (χ0v) is 22.0. The van der Waals surface area contributed by atoms with Crippen molar-refractivity contribution < 1.29 is 19.4 Å². The molecule has 0 aliphatic carbocycles. The number of hydrogen-bond acceptors (Lipinski definition) is 5. The van der Waals surface area contributed by atoms with Crippen LogP contribution in [0.2, 0.25) is 0 Å². The van der Waals surface area contributed by atoms with Crippen LogP contribution < -0.4 is 10.7 Å². The van der Waals surface area contributed by atoms with Gasteiger partial charge in [0.05, 0.1) is 15.2 Å². The zero-order valence-electron chi connectivity index (χ0n) is 18.9. The molecule has 0 radical (unpaired) electrons. The number of aromatic hydroxyl groups is 1. The van der Waals surface area contributed by atoms with Crippen LogP contribution >= 0.6 is 31.9 Å². The number of nitrogens with zero attached hydrogens (tertiary/aromatic N) is 1. The Morgan fingerprint density at radius 2 is 1.75 bits per heavy atom. The van der Waals surface area contributed by atoms with Gasteiger partial charge in [-0.05, 0) is 66.7 Å². The van der Waals surface area contributed by atoms with Gasteiger partial charge in [-0.2, -0.15) is 5.10 Å². The van der Waals surface area contributed by atoms with Gasteiger partial charge in [-0.15, -0.1) is 0 Å². The maximum atomic E-state index is 13.0. The fourth-order valence-corrected chi connectivity index (χ4v) is 4.77. The van der Waals surface area contributed by atoms with E-state index in [-0.39, 0.29) is 18.8 Å². The highest BCUT2D eigenvalue weighted by molar-refractivity contribution is 9.11. The summed E-state index contributed by atoms with van der Waals surface area (Å²) in [6.45, 7) is 0.0802. The first-order valence-corrected chi connectivity index (χ1v) is 12.5. The van der Waals surface area contributed by atoms with Gasteiger partial charge in [0, 0.05) is 23.5 Å². The van der Waals surface area contributed by atoms with Crippen LogP contribution in [-0.2, 0) is 22.6 Å². The molecule has 0 spiro atoms. The Labute approximate surface area is 224 Å². The Bertz CT molecular complexity index is 1380. The van der Waals surface area contributed by atoms with Gasteiger partial charge in [-0.25, -0.2) is 10.2 Å². The number of carbonyl (C=O) groups is 2. The SMILES string of the molecule is O=C(N[C@H](Cc1c[nH]c2ccccc12)C(=O)N/N=C\c1cc(Br)c(O)c(Br)c1)OCc1ccccc1. The molecule has 3 aromatic carbocycles. The number of hydrogen-bond donors (Lipinski definition) is 4. The molecule has 0 saturated carbocycles. The van der Waals surface area contributed by atoms with Gasteiger partial charge < -0.3 is 20.1 Å². The molecule has 1 heterocycles. The van der Waals surface area contributed by atoms with Gasteiger partial charge in [0.1, 0.15) is 18.4 Å². The van der Waals surface area contributed by atoms with Crippen molar-refractivity contribution in [1.29, 1.82) is 0 Å². The van der Waals surface area contributed by atoms with E-state index in [1.807, 2.05) is 60.8 Å². The van der Waals surface area contributed by atoms with E-state index in [0.717, 1.165) is 22.0 Å². The van der Waals surface area contributed by atoms with Crippen LogP contribution in [0.1, 0.15) is 16.7 Å². The normalized spacial score (nSPS) is 11.9. The Hall–Kier alpha value is -3.63. The van der Waals surface area contributed by atoms with E-state index in [9.17, 15) is 14.7 Å². The number of nitrogens with one attached hydrogen (secondary N) is 3. The highest BCUT2D eigenvalue weighted by Gasteiger charge is 2.23. The first-order valence-electron chi connectivity index (χ1n) is 10.9. The standard InChI is InChI=1S/C26H22Br2N4O4/c27-20-10-17(11-21(28)24(20)33)13-30-32-25(34)23(12-18-14-29-22-9-5-4-8-19(18)22)31-26(35)36-15-16-6-2-1-3-7-16/h1-11,13-14,23,29,33H,12,15H2,(H,31,35)(H,32,34)/b30-13-/t23-/m1/s1. The van der Waals surface area contributed by atoms with Gasteiger partial charge in [-0.3, -0.25) is 4.79 Å². The Morgan fingerprint density at radius 1 is 1.06 bits per heavy atom. The minimum Gasteiger partial charge on any atom is -0.506 e. The summed E-state index contributed by atoms with van der Waals surface area (Å²) in [5, 5.41) is 17.5. The van der Waals surface area contributed by atoms with Crippen LogP contribution in [0.5, 0.6) is 5.75 Å². The number of halogens is 2. The van der Waals surface area contributed by atoms with Crippen molar-refractivity contribution in [2.24, 2.45) is 5.10 Å². The maximum absolute atomic E-state index is 13.0. The number of hydrazone groups is 1. The lowest BCUT2D eigenvalue weighted by molar-refractivity contribution is -0.123. The van der Waals surface area contributed by atoms with Gasteiger partial charge in [0.25, 0.3) is 5.91 Å². The minimum atomic E-state index is -0.942. The lowest BCUT2D eigenvalue weighted by Gasteiger charge is -2.17. The number of rotatable bonds is 8. The average molecular weight is 614 g/mol. The Kier molecular flexibility index (Phi) is 8.40. The Balaban J connectivity index is 1.47. The highest BCUT2D eigenvalue weighted by Crippen LogP contribution is 2.32. The molecule has 1 aromatic heterocycles. The molecule has 4 aromatic rings. The number of fused-ring (bicyclic) bond motifs is 1. The van der Waals surface area contributed by atoms with E-state index in [1.165, 1.54) is 6.21 Å². The molecule has 10 heteroatoms. The summed E-state index contributed by atoms with van der Waals surface area (Å²) in [6, 6.07) is 19.3. The van der Waals surface area contributed by atoms with Crippen molar-refractivity contribution in [3.05, 3.63) is 98.6 Å². The second kappa shape index (κ2) is 11.9. The largest absolute Gasteiger partial charge is 0.506 e. The minimum absolute atomic E-state index is 0.0631. The number of para-hydroxylation sites is 1. The molecular formula is C26H22Br2N4O4. The maximum Gasteiger partial charge on any atom is 0.408 e. The Morgan fingerprint density at radius 3 is 2.50 bits per heavy atom. The molecule has 184 valence electrons. The van der Waals surface area contributed by atoms with Crippen LogP contribution in [0.25, 0.3) is 10.9 Å². The molecule has 1 atom stereocenters. The van der Waals surface area contributed by atoms with E-state index in [4.69, 9.17) is 4.74 Å². The van der Waals surface area contributed by atoms with Crippen molar-refractivity contribution in [2.75, 3.05) is 0 Å². The fourth-order valence-electron chi connectivity index (χ4n) is 3.54. The number of aromatic nitrogens is 1. The van der Waals surface area contributed by atoms with Crippen LogP contribution in [0, 0.1) is 0 Å². The summed E-state index contributed by atoms with van der Waals surface area (Å²) in [5.74, 6) is -0.446. The van der Waals surface area contributed by atoms with E-state index in [1.54, 1.807) is 12.1 Å². The molecule has 0 unspecified atom stereocenters. The van der Waals surface area contributed by atoms with Gasteiger partial charge >= 0.3 is 6.09 Å². The van der Waals surface area contributed by atoms with Gasteiger partial charge in [-0.1, -0.05) is 48.5 Å². The molecule has 0 fully saturated rings. The fraction of sp³-hybridized carbons (Fsp3) is 0.115. The molecule has 0 aliphatic rings. The number of H-pyrrole nitrogens is 1. The molecule has 0 bridgehead atoms. The monoisotopic (exact) mass is 612 g/mol. The van der Waals surface area contributed by atoms with Crippen LogP contribution in [0.15, 0.2) is 87.0 Å². The second-order valence-corrected chi connectivity index (χ2v) is 9.60. The zero-order chi connectivity index (χ0) is 25.5. The first-order chi connectivity index (χ1) is 17.4.